The monoisotopic (exact) mass is 291 g/mol. The quantitative estimate of drug-likeness (QED) is 0.876. The number of nitrogens with one attached hydrogen (secondary N) is 1. The predicted octanol–water partition coefficient (Wildman–Crippen LogP) is 2.82. The summed E-state index contributed by atoms with van der Waals surface area (Å²) in [5, 5.41) is 2.96. The smallest absolute Gasteiger partial charge is 0.322 e. The molecular formula is C16H25N3O2. The van der Waals surface area contributed by atoms with Crippen molar-refractivity contribution in [3.8, 4) is 5.75 Å². The number of likely N-dealkylation sites (N-methyl/N-ethyl adjacent to an activating group) is 1. The predicted molar refractivity (Wildman–Crippen MR) is 84.6 cm³/mol. The molecule has 0 heterocycles. The van der Waals surface area contributed by atoms with Gasteiger partial charge in [-0.1, -0.05) is 18.9 Å². The van der Waals surface area contributed by atoms with Gasteiger partial charge in [-0.25, -0.2) is 4.79 Å². The topological polar surface area (TPSA) is 67.6 Å². The van der Waals surface area contributed by atoms with Crippen molar-refractivity contribution in [2.75, 3.05) is 25.5 Å². The summed E-state index contributed by atoms with van der Waals surface area (Å²) in [6.45, 7) is 3.18. The third-order valence-electron chi connectivity index (χ3n) is 4.37. The van der Waals surface area contributed by atoms with Gasteiger partial charge in [0.1, 0.15) is 5.75 Å². The number of carbonyl (C=O) groups is 1. The van der Waals surface area contributed by atoms with Crippen LogP contribution in [0.4, 0.5) is 10.5 Å². The summed E-state index contributed by atoms with van der Waals surface area (Å²) in [4.78, 5) is 14.5. The Labute approximate surface area is 126 Å². The molecule has 3 N–H and O–H groups in total. The lowest BCUT2D eigenvalue weighted by atomic mass is 9.95. The molecule has 1 fully saturated rings. The van der Waals surface area contributed by atoms with E-state index in [2.05, 4.69) is 5.32 Å². The van der Waals surface area contributed by atoms with Gasteiger partial charge in [0, 0.05) is 24.8 Å². The first kappa shape index (κ1) is 15.6. The summed E-state index contributed by atoms with van der Waals surface area (Å²) in [6, 6.07) is 7.30. The zero-order valence-electron chi connectivity index (χ0n) is 12.9. The van der Waals surface area contributed by atoms with Crippen molar-refractivity contribution in [1.82, 2.24) is 4.90 Å². The highest BCUT2D eigenvalue weighted by Crippen LogP contribution is 2.34. The molecule has 0 aromatic heterocycles. The number of nitrogens with two attached hydrogens (primary N) is 1. The molecule has 1 aliphatic rings. The van der Waals surface area contributed by atoms with E-state index in [-0.39, 0.29) is 11.6 Å². The van der Waals surface area contributed by atoms with Crippen molar-refractivity contribution >= 4 is 11.7 Å². The molecule has 1 aromatic carbocycles. The average Bonchev–Trinajstić information content (AvgIpc) is 2.98. The zero-order valence-corrected chi connectivity index (χ0v) is 12.9. The number of urea groups is 1. The summed E-state index contributed by atoms with van der Waals surface area (Å²) in [5.41, 5.74) is 6.54. The zero-order chi connectivity index (χ0) is 15.3. The highest BCUT2D eigenvalue weighted by molar-refractivity contribution is 5.90. The van der Waals surface area contributed by atoms with E-state index in [1.165, 1.54) is 0 Å². The maximum absolute atomic E-state index is 12.6. The van der Waals surface area contributed by atoms with E-state index in [0.717, 1.165) is 37.1 Å². The number of methoxy groups -OCH3 is 1. The van der Waals surface area contributed by atoms with E-state index >= 15 is 0 Å². The van der Waals surface area contributed by atoms with E-state index in [1.807, 2.05) is 36.1 Å². The van der Waals surface area contributed by atoms with Gasteiger partial charge in [0.2, 0.25) is 0 Å². The molecule has 0 spiro atoms. The van der Waals surface area contributed by atoms with E-state index < -0.39 is 0 Å². The molecule has 5 nitrogen and oxygen atoms in total. The van der Waals surface area contributed by atoms with Crippen molar-refractivity contribution < 1.29 is 9.53 Å². The molecule has 0 aliphatic heterocycles. The molecule has 2 rings (SSSR count). The lowest BCUT2D eigenvalue weighted by Gasteiger charge is -2.40. The van der Waals surface area contributed by atoms with Gasteiger partial charge in [-0.15, -0.1) is 0 Å². The third-order valence-corrected chi connectivity index (χ3v) is 4.37. The van der Waals surface area contributed by atoms with Gasteiger partial charge in [-0.3, -0.25) is 0 Å². The molecule has 2 amide bonds. The van der Waals surface area contributed by atoms with Crippen LogP contribution < -0.4 is 15.8 Å². The van der Waals surface area contributed by atoms with Crippen molar-refractivity contribution in [2.24, 2.45) is 5.73 Å². The molecule has 0 radical (unpaired) electrons. The minimum atomic E-state index is -0.183. The Morgan fingerprint density at radius 2 is 2.14 bits per heavy atom. The van der Waals surface area contributed by atoms with Crippen LogP contribution in [0.1, 0.15) is 32.6 Å². The number of amides is 2. The fourth-order valence-electron chi connectivity index (χ4n) is 3.20. The fraction of sp³-hybridized carbons (Fsp3) is 0.562. The molecule has 0 saturated heterocycles. The van der Waals surface area contributed by atoms with Gasteiger partial charge in [0.15, 0.2) is 0 Å². The largest absolute Gasteiger partial charge is 0.497 e. The Morgan fingerprint density at radius 1 is 1.43 bits per heavy atom. The maximum atomic E-state index is 12.6. The maximum Gasteiger partial charge on any atom is 0.322 e. The summed E-state index contributed by atoms with van der Waals surface area (Å²) in [5.74, 6) is 0.727. The average molecular weight is 291 g/mol. The number of nitrogens with zero attached hydrogens (tertiary/aromatic N) is 1. The second-order valence-corrected chi connectivity index (χ2v) is 5.54. The van der Waals surface area contributed by atoms with Crippen molar-refractivity contribution in [3.63, 3.8) is 0 Å². The lowest BCUT2D eigenvalue weighted by Crippen LogP contribution is -2.55. The Kier molecular flexibility index (Phi) is 5.07. The van der Waals surface area contributed by atoms with Gasteiger partial charge in [0.05, 0.1) is 12.6 Å². The number of benzene rings is 1. The van der Waals surface area contributed by atoms with Crippen molar-refractivity contribution in [1.29, 1.82) is 0 Å². The number of carbonyl (C=O) groups excluding carboxylic acids is 1. The molecule has 21 heavy (non-hydrogen) atoms. The molecule has 1 aromatic rings. The van der Waals surface area contributed by atoms with Crippen molar-refractivity contribution in [3.05, 3.63) is 24.3 Å². The summed E-state index contributed by atoms with van der Waals surface area (Å²) < 4.78 is 5.18. The Balaban J connectivity index is 2.12. The minimum absolute atomic E-state index is 0.0851. The van der Waals surface area contributed by atoms with E-state index in [4.69, 9.17) is 10.5 Å². The van der Waals surface area contributed by atoms with E-state index in [0.29, 0.717) is 13.1 Å². The SMILES string of the molecule is CCN(C(=O)Nc1cccc(OC)c1)C1(CN)CCCC1. The molecule has 116 valence electrons. The Hall–Kier alpha value is -1.75. The van der Waals surface area contributed by atoms with Gasteiger partial charge < -0.3 is 20.7 Å². The number of hydrogen-bond donors (Lipinski definition) is 2. The fourth-order valence-corrected chi connectivity index (χ4v) is 3.20. The third kappa shape index (κ3) is 3.29. The number of anilines is 1. The molecule has 1 aliphatic carbocycles. The summed E-state index contributed by atoms with van der Waals surface area (Å²) in [7, 11) is 1.61. The molecule has 0 atom stereocenters. The van der Waals surface area contributed by atoms with Gasteiger partial charge in [0.25, 0.3) is 0 Å². The van der Waals surface area contributed by atoms with Gasteiger partial charge in [-0.05, 0) is 31.9 Å². The van der Waals surface area contributed by atoms with Crippen molar-refractivity contribution in [2.45, 2.75) is 38.1 Å². The first-order valence-electron chi connectivity index (χ1n) is 7.58. The first-order chi connectivity index (χ1) is 10.1. The molecule has 0 bridgehead atoms. The number of rotatable bonds is 5. The summed E-state index contributed by atoms with van der Waals surface area (Å²) in [6.07, 6.45) is 4.26. The second kappa shape index (κ2) is 6.80. The van der Waals surface area contributed by atoms with Crippen LogP contribution in [0.5, 0.6) is 5.75 Å². The van der Waals surface area contributed by atoms with Crippen LogP contribution in [0.25, 0.3) is 0 Å². The Morgan fingerprint density at radius 3 is 2.71 bits per heavy atom. The molecule has 1 saturated carbocycles. The molecule has 0 unspecified atom stereocenters. The highest BCUT2D eigenvalue weighted by Gasteiger charge is 2.40. The van der Waals surface area contributed by atoms with Crippen LogP contribution in [0.2, 0.25) is 0 Å². The summed E-state index contributed by atoms with van der Waals surface area (Å²) >= 11 is 0. The van der Waals surface area contributed by atoms with E-state index in [9.17, 15) is 4.79 Å². The van der Waals surface area contributed by atoms with Crippen LogP contribution in [0, 0.1) is 0 Å². The first-order valence-corrected chi connectivity index (χ1v) is 7.58. The van der Waals surface area contributed by atoms with Crippen LogP contribution in [-0.2, 0) is 0 Å². The minimum Gasteiger partial charge on any atom is -0.497 e. The second-order valence-electron chi connectivity index (χ2n) is 5.54. The van der Waals surface area contributed by atoms with Crippen LogP contribution in [0.3, 0.4) is 0 Å². The van der Waals surface area contributed by atoms with Crippen LogP contribution >= 0.6 is 0 Å². The molecular weight excluding hydrogens is 266 g/mol. The number of hydrogen-bond acceptors (Lipinski definition) is 3. The lowest BCUT2D eigenvalue weighted by molar-refractivity contribution is 0.134. The Bertz CT molecular complexity index is 484. The van der Waals surface area contributed by atoms with E-state index in [1.54, 1.807) is 7.11 Å². The normalized spacial score (nSPS) is 16.5. The standard InChI is InChI=1S/C16H25N3O2/c1-3-19(16(12-17)9-4-5-10-16)15(20)18-13-7-6-8-14(11-13)21-2/h6-8,11H,3-5,9-10,12,17H2,1-2H3,(H,18,20). The highest BCUT2D eigenvalue weighted by atomic mass is 16.5. The molecule has 5 heteroatoms. The number of ether oxygens (including phenoxy) is 1. The van der Waals surface area contributed by atoms with Crippen LogP contribution in [-0.4, -0.2) is 36.7 Å². The van der Waals surface area contributed by atoms with Crippen LogP contribution in [0.15, 0.2) is 24.3 Å². The van der Waals surface area contributed by atoms with Gasteiger partial charge >= 0.3 is 6.03 Å². The van der Waals surface area contributed by atoms with Gasteiger partial charge in [-0.2, -0.15) is 0 Å².